The number of rotatable bonds is 5. The number of aliphatic hydroxyl groups is 1. The fourth-order valence-corrected chi connectivity index (χ4v) is 2.42. The summed E-state index contributed by atoms with van der Waals surface area (Å²) in [4.78, 5) is 0. The molecule has 94 valence electrons. The molecule has 0 spiro atoms. The third-order valence-electron chi connectivity index (χ3n) is 3.80. The van der Waals surface area contributed by atoms with Gasteiger partial charge in [-0.3, -0.25) is 0 Å². The zero-order valence-electron chi connectivity index (χ0n) is 10.7. The maximum Gasteiger partial charge on any atom is 0.0837 e. The molecule has 17 heavy (non-hydrogen) atoms. The van der Waals surface area contributed by atoms with Crippen molar-refractivity contribution in [2.24, 2.45) is 5.92 Å². The van der Waals surface area contributed by atoms with Crippen molar-refractivity contribution >= 4 is 0 Å². The molecule has 1 aromatic carbocycles. The molecule has 0 radical (unpaired) electrons. The summed E-state index contributed by atoms with van der Waals surface area (Å²) in [5.41, 5.74) is 2.41. The molecule has 2 rings (SSSR count). The second kappa shape index (κ2) is 5.65. The smallest absolute Gasteiger partial charge is 0.0837 e. The summed E-state index contributed by atoms with van der Waals surface area (Å²) >= 11 is 0. The van der Waals surface area contributed by atoms with Gasteiger partial charge in [0.2, 0.25) is 0 Å². The lowest BCUT2D eigenvalue weighted by Gasteiger charge is -2.27. The average Bonchev–Trinajstić information content (AvgIpc) is 2.26. The number of benzene rings is 1. The monoisotopic (exact) mass is 234 g/mol. The van der Waals surface area contributed by atoms with Gasteiger partial charge in [-0.05, 0) is 29.9 Å². The zero-order chi connectivity index (χ0) is 12.3. The predicted molar refractivity (Wildman–Crippen MR) is 69.0 cm³/mol. The Balaban J connectivity index is 2.09. The molecule has 1 saturated carbocycles. The fourth-order valence-electron chi connectivity index (χ4n) is 2.42. The average molecular weight is 234 g/mol. The SMILES string of the molecule is COCC(C)C(O)c1cccc(C2CCC2)c1. The van der Waals surface area contributed by atoms with Gasteiger partial charge in [-0.1, -0.05) is 37.6 Å². The van der Waals surface area contributed by atoms with Crippen molar-refractivity contribution in [1.29, 1.82) is 0 Å². The number of methoxy groups -OCH3 is 1. The van der Waals surface area contributed by atoms with Gasteiger partial charge in [0.05, 0.1) is 12.7 Å². The van der Waals surface area contributed by atoms with Gasteiger partial charge in [-0.25, -0.2) is 0 Å². The Kier molecular flexibility index (Phi) is 4.19. The minimum atomic E-state index is -0.421. The van der Waals surface area contributed by atoms with E-state index in [1.807, 2.05) is 13.0 Å². The Morgan fingerprint density at radius 1 is 1.41 bits per heavy atom. The largest absolute Gasteiger partial charge is 0.388 e. The topological polar surface area (TPSA) is 29.5 Å². The fraction of sp³-hybridized carbons (Fsp3) is 0.600. The van der Waals surface area contributed by atoms with Gasteiger partial charge in [0.25, 0.3) is 0 Å². The molecule has 1 aliphatic rings. The molecule has 2 heteroatoms. The van der Waals surface area contributed by atoms with Crippen molar-refractivity contribution in [2.45, 2.75) is 38.2 Å². The van der Waals surface area contributed by atoms with Gasteiger partial charge < -0.3 is 9.84 Å². The van der Waals surface area contributed by atoms with Crippen LogP contribution in [0.2, 0.25) is 0 Å². The number of hydrogen-bond donors (Lipinski definition) is 1. The van der Waals surface area contributed by atoms with Crippen LogP contribution < -0.4 is 0 Å². The van der Waals surface area contributed by atoms with Crippen LogP contribution in [0, 0.1) is 5.92 Å². The molecular weight excluding hydrogens is 212 g/mol. The van der Waals surface area contributed by atoms with Crippen molar-refractivity contribution in [3.8, 4) is 0 Å². The molecule has 2 atom stereocenters. The van der Waals surface area contributed by atoms with Crippen molar-refractivity contribution in [2.75, 3.05) is 13.7 Å². The van der Waals surface area contributed by atoms with Crippen LogP contribution in [0.3, 0.4) is 0 Å². The van der Waals surface area contributed by atoms with Crippen LogP contribution in [-0.4, -0.2) is 18.8 Å². The third kappa shape index (κ3) is 2.88. The highest BCUT2D eigenvalue weighted by atomic mass is 16.5. The van der Waals surface area contributed by atoms with Gasteiger partial charge in [0.15, 0.2) is 0 Å². The first-order chi connectivity index (χ1) is 8.22. The molecule has 0 bridgehead atoms. The summed E-state index contributed by atoms with van der Waals surface area (Å²) in [6, 6.07) is 8.42. The highest BCUT2D eigenvalue weighted by Gasteiger charge is 2.21. The van der Waals surface area contributed by atoms with E-state index in [0.717, 1.165) is 11.5 Å². The lowest BCUT2D eigenvalue weighted by molar-refractivity contribution is 0.0566. The van der Waals surface area contributed by atoms with Gasteiger partial charge in [-0.2, -0.15) is 0 Å². The van der Waals surface area contributed by atoms with Gasteiger partial charge in [0, 0.05) is 13.0 Å². The van der Waals surface area contributed by atoms with Gasteiger partial charge in [0.1, 0.15) is 0 Å². The highest BCUT2D eigenvalue weighted by molar-refractivity contribution is 5.29. The first-order valence-corrected chi connectivity index (χ1v) is 6.49. The lowest BCUT2D eigenvalue weighted by atomic mass is 9.79. The highest BCUT2D eigenvalue weighted by Crippen LogP contribution is 2.37. The minimum Gasteiger partial charge on any atom is -0.388 e. The first kappa shape index (κ1) is 12.6. The van der Waals surface area contributed by atoms with Crippen LogP contribution in [0.15, 0.2) is 24.3 Å². The van der Waals surface area contributed by atoms with Gasteiger partial charge >= 0.3 is 0 Å². The van der Waals surface area contributed by atoms with E-state index in [1.54, 1.807) is 7.11 Å². The Hall–Kier alpha value is -0.860. The summed E-state index contributed by atoms with van der Waals surface area (Å²) in [5.74, 6) is 0.858. The standard InChI is InChI=1S/C15H22O2/c1-11(10-17-2)15(16)14-8-4-7-13(9-14)12-5-3-6-12/h4,7-9,11-12,15-16H,3,5-6,10H2,1-2H3. The number of aliphatic hydroxyl groups excluding tert-OH is 1. The van der Waals surface area contributed by atoms with E-state index in [0.29, 0.717) is 6.61 Å². The van der Waals surface area contributed by atoms with E-state index in [1.165, 1.54) is 24.8 Å². The van der Waals surface area contributed by atoms with Crippen LogP contribution in [0.5, 0.6) is 0 Å². The predicted octanol–water partition coefficient (Wildman–Crippen LogP) is 3.27. The first-order valence-electron chi connectivity index (χ1n) is 6.49. The molecule has 1 N–H and O–H groups in total. The quantitative estimate of drug-likeness (QED) is 0.847. The summed E-state index contributed by atoms with van der Waals surface area (Å²) in [5, 5.41) is 10.2. The van der Waals surface area contributed by atoms with Crippen LogP contribution in [0.1, 0.15) is 49.3 Å². The van der Waals surface area contributed by atoms with E-state index in [2.05, 4.69) is 18.2 Å². The Labute approximate surface area is 104 Å². The van der Waals surface area contributed by atoms with Crippen molar-refractivity contribution in [3.05, 3.63) is 35.4 Å². The van der Waals surface area contributed by atoms with Crippen molar-refractivity contribution in [3.63, 3.8) is 0 Å². The number of hydrogen-bond acceptors (Lipinski definition) is 2. The molecule has 0 aromatic heterocycles. The van der Waals surface area contributed by atoms with E-state index < -0.39 is 6.10 Å². The lowest BCUT2D eigenvalue weighted by Crippen LogP contribution is -2.15. The molecular formula is C15H22O2. The summed E-state index contributed by atoms with van der Waals surface area (Å²) < 4.78 is 5.10. The summed E-state index contributed by atoms with van der Waals surface area (Å²) in [6.07, 6.45) is 3.52. The Bertz CT molecular complexity index is 358. The molecule has 1 aromatic rings. The summed E-state index contributed by atoms with van der Waals surface area (Å²) in [6.45, 7) is 2.61. The summed E-state index contributed by atoms with van der Waals surface area (Å²) in [7, 11) is 1.67. The zero-order valence-corrected chi connectivity index (χ0v) is 10.7. The van der Waals surface area contributed by atoms with Crippen LogP contribution in [0.4, 0.5) is 0 Å². The van der Waals surface area contributed by atoms with E-state index >= 15 is 0 Å². The molecule has 1 fully saturated rings. The molecule has 2 nitrogen and oxygen atoms in total. The molecule has 2 unspecified atom stereocenters. The maximum atomic E-state index is 10.2. The normalized spacial score (nSPS) is 19.7. The minimum absolute atomic E-state index is 0.136. The maximum absolute atomic E-state index is 10.2. The molecule has 0 saturated heterocycles. The van der Waals surface area contributed by atoms with E-state index in [9.17, 15) is 5.11 Å². The van der Waals surface area contributed by atoms with E-state index in [-0.39, 0.29) is 5.92 Å². The van der Waals surface area contributed by atoms with E-state index in [4.69, 9.17) is 4.74 Å². The molecule has 0 amide bonds. The van der Waals surface area contributed by atoms with Crippen LogP contribution >= 0.6 is 0 Å². The Morgan fingerprint density at radius 2 is 2.18 bits per heavy atom. The second-order valence-electron chi connectivity index (χ2n) is 5.18. The number of ether oxygens (including phenoxy) is 1. The second-order valence-corrected chi connectivity index (χ2v) is 5.18. The van der Waals surface area contributed by atoms with Crippen molar-refractivity contribution < 1.29 is 9.84 Å². The van der Waals surface area contributed by atoms with Crippen molar-refractivity contribution in [1.82, 2.24) is 0 Å². The Morgan fingerprint density at radius 3 is 2.76 bits per heavy atom. The van der Waals surface area contributed by atoms with Gasteiger partial charge in [-0.15, -0.1) is 0 Å². The molecule has 0 heterocycles. The van der Waals surface area contributed by atoms with Crippen LogP contribution in [-0.2, 0) is 4.74 Å². The molecule has 0 aliphatic heterocycles. The third-order valence-corrected chi connectivity index (χ3v) is 3.80. The van der Waals surface area contributed by atoms with Crippen LogP contribution in [0.25, 0.3) is 0 Å². The molecule has 1 aliphatic carbocycles.